The van der Waals surface area contributed by atoms with Crippen molar-refractivity contribution in [2.45, 2.75) is 38.7 Å². The summed E-state index contributed by atoms with van der Waals surface area (Å²) in [6.45, 7) is 2.47. The highest BCUT2D eigenvalue weighted by Gasteiger charge is 2.40. The molecule has 0 bridgehead atoms. The summed E-state index contributed by atoms with van der Waals surface area (Å²) in [6.07, 6.45) is 1.72. The second-order valence-electron chi connectivity index (χ2n) is 7.52. The minimum atomic E-state index is -0.705. The first-order valence-corrected chi connectivity index (χ1v) is 10.3. The number of hydrogen-bond donors (Lipinski definition) is 2. The van der Waals surface area contributed by atoms with E-state index in [2.05, 4.69) is 15.0 Å². The molecule has 1 aromatic carbocycles. The summed E-state index contributed by atoms with van der Waals surface area (Å²) in [6, 6.07) is 9.55. The number of nitrogens with zero attached hydrogens (tertiary/aromatic N) is 3. The summed E-state index contributed by atoms with van der Waals surface area (Å²) in [5.74, 6) is -0.643. The lowest BCUT2D eigenvalue weighted by molar-refractivity contribution is -0.155. The van der Waals surface area contributed by atoms with Crippen LogP contribution >= 0.6 is 0 Å². The number of carbonyl (C=O) groups is 2. The molecule has 11 heteroatoms. The number of aromatic amines is 1. The van der Waals surface area contributed by atoms with Gasteiger partial charge in [-0.3, -0.25) is 23.9 Å². The number of nitrogen functional groups attached to an aromatic ring is 1. The number of fused-ring (bicyclic) bond motifs is 1. The topological polar surface area (TPSA) is 151 Å². The van der Waals surface area contributed by atoms with Crippen molar-refractivity contribution in [2.24, 2.45) is 0 Å². The van der Waals surface area contributed by atoms with Gasteiger partial charge in [0.15, 0.2) is 11.2 Å². The SMILES string of the molecule is CC(=O)OC[C@H]1O[C@@H](n2c(/C=C/c3ccccc3)nc3c(=O)[nH]c(N)nc32)C[C@@H]1OC(C)=O. The van der Waals surface area contributed by atoms with Crippen LogP contribution in [0.2, 0.25) is 0 Å². The van der Waals surface area contributed by atoms with Gasteiger partial charge in [0.05, 0.1) is 0 Å². The van der Waals surface area contributed by atoms with Crippen LogP contribution in [0.25, 0.3) is 23.3 Å². The average Bonchev–Trinajstić information content (AvgIpc) is 3.31. The lowest BCUT2D eigenvalue weighted by atomic mass is 10.2. The van der Waals surface area contributed by atoms with Crippen molar-refractivity contribution in [1.82, 2.24) is 19.5 Å². The molecule has 1 aliphatic rings. The molecule has 0 radical (unpaired) electrons. The molecule has 4 rings (SSSR count). The first kappa shape index (κ1) is 22.2. The van der Waals surface area contributed by atoms with Crippen molar-refractivity contribution in [2.75, 3.05) is 12.3 Å². The highest BCUT2D eigenvalue weighted by Crippen LogP contribution is 2.34. The lowest BCUT2D eigenvalue weighted by Crippen LogP contribution is -2.31. The number of rotatable bonds is 6. The van der Waals surface area contributed by atoms with Gasteiger partial charge < -0.3 is 19.9 Å². The minimum absolute atomic E-state index is 0.0711. The summed E-state index contributed by atoms with van der Waals surface area (Å²) >= 11 is 0. The monoisotopic (exact) mass is 453 g/mol. The number of nitrogens with two attached hydrogens (primary N) is 1. The number of esters is 2. The fourth-order valence-electron chi connectivity index (χ4n) is 3.70. The second kappa shape index (κ2) is 9.25. The van der Waals surface area contributed by atoms with Gasteiger partial charge >= 0.3 is 11.9 Å². The molecular formula is C22H23N5O6. The van der Waals surface area contributed by atoms with Crippen molar-refractivity contribution in [3.8, 4) is 0 Å². The van der Waals surface area contributed by atoms with Crippen LogP contribution in [0.15, 0.2) is 35.1 Å². The Morgan fingerprint density at radius 3 is 2.67 bits per heavy atom. The van der Waals surface area contributed by atoms with E-state index >= 15 is 0 Å². The Balaban J connectivity index is 1.76. The number of hydrogen-bond acceptors (Lipinski definition) is 9. The minimum Gasteiger partial charge on any atom is -0.463 e. The third-order valence-corrected chi connectivity index (χ3v) is 5.06. The molecule has 2 aromatic heterocycles. The van der Waals surface area contributed by atoms with E-state index in [1.165, 1.54) is 13.8 Å². The fourth-order valence-corrected chi connectivity index (χ4v) is 3.70. The third-order valence-electron chi connectivity index (χ3n) is 5.06. The van der Waals surface area contributed by atoms with Gasteiger partial charge in [0.1, 0.15) is 30.9 Å². The fraction of sp³-hybridized carbons (Fsp3) is 0.318. The number of benzene rings is 1. The van der Waals surface area contributed by atoms with Gasteiger partial charge in [-0.2, -0.15) is 4.98 Å². The first-order chi connectivity index (χ1) is 15.8. The quantitative estimate of drug-likeness (QED) is 0.531. The molecule has 0 unspecified atom stereocenters. The summed E-state index contributed by atoms with van der Waals surface area (Å²) < 4.78 is 18.2. The van der Waals surface area contributed by atoms with Crippen LogP contribution in [-0.4, -0.2) is 50.3 Å². The Bertz CT molecular complexity index is 1270. The van der Waals surface area contributed by atoms with E-state index in [0.717, 1.165) is 5.56 Å². The predicted molar refractivity (Wildman–Crippen MR) is 119 cm³/mol. The standard InChI is InChI=1S/C22H23N5O6/c1-12(28)31-11-16-15(32-13(2)29)10-18(33-16)27-17(9-8-14-6-4-3-5-7-14)24-19-20(27)25-22(23)26-21(19)30/h3-9,15-16,18H,10-11H2,1-2H3,(H3,23,25,26,30)/b9-8+/t15-,16+,18+/m0/s1. The van der Waals surface area contributed by atoms with E-state index in [-0.39, 0.29) is 30.1 Å². The predicted octanol–water partition coefficient (Wildman–Crippen LogP) is 1.65. The third kappa shape index (κ3) is 4.93. The summed E-state index contributed by atoms with van der Waals surface area (Å²) in [4.78, 5) is 46.5. The molecule has 0 amide bonds. The van der Waals surface area contributed by atoms with Gasteiger partial charge in [0.25, 0.3) is 5.56 Å². The van der Waals surface area contributed by atoms with Gasteiger partial charge in [-0.25, -0.2) is 4.98 Å². The zero-order valence-electron chi connectivity index (χ0n) is 18.1. The zero-order chi connectivity index (χ0) is 23.5. The Hall–Kier alpha value is -3.99. The number of ether oxygens (including phenoxy) is 3. The van der Waals surface area contributed by atoms with Crippen molar-refractivity contribution >= 4 is 41.2 Å². The molecule has 3 heterocycles. The molecule has 3 N–H and O–H groups in total. The smallest absolute Gasteiger partial charge is 0.303 e. The van der Waals surface area contributed by atoms with Gasteiger partial charge in [-0.15, -0.1) is 0 Å². The maximum Gasteiger partial charge on any atom is 0.303 e. The molecule has 11 nitrogen and oxygen atoms in total. The van der Waals surface area contributed by atoms with Crippen LogP contribution in [0.4, 0.5) is 5.95 Å². The second-order valence-corrected chi connectivity index (χ2v) is 7.52. The highest BCUT2D eigenvalue weighted by atomic mass is 16.6. The Morgan fingerprint density at radius 2 is 1.97 bits per heavy atom. The summed E-state index contributed by atoms with van der Waals surface area (Å²) in [5, 5.41) is 0. The molecule has 3 atom stereocenters. The van der Waals surface area contributed by atoms with Crippen molar-refractivity contribution in [1.29, 1.82) is 0 Å². The molecule has 33 heavy (non-hydrogen) atoms. The van der Waals surface area contributed by atoms with Crippen LogP contribution in [0.5, 0.6) is 0 Å². The van der Waals surface area contributed by atoms with Gasteiger partial charge in [-0.05, 0) is 11.6 Å². The first-order valence-electron chi connectivity index (χ1n) is 10.3. The molecule has 3 aromatic rings. The average molecular weight is 453 g/mol. The maximum absolute atomic E-state index is 12.5. The largest absolute Gasteiger partial charge is 0.463 e. The molecule has 172 valence electrons. The maximum atomic E-state index is 12.5. The molecule has 1 saturated heterocycles. The molecule has 1 aliphatic heterocycles. The number of imidazole rings is 1. The van der Waals surface area contributed by atoms with Crippen molar-refractivity contribution in [3.05, 3.63) is 52.1 Å². The Kier molecular flexibility index (Phi) is 6.22. The van der Waals surface area contributed by atoms with E-state index in [9.17, 15) is 14.4 Å². The lowest BCUT2D eigenvalue weighted by Gasteiger charge is -2.18. The Labute approximate surface area is 188 Å². The molecule has 0 saturated carbocycles. The molecular weight excluding hydrogens is 430 g/mol. The number of anilines is 1. The van der Waals surface area contributed by atoms with Crippen LogP contribution in [0.3, 0.4) is 0 Å². The molecule has 1 fully saturated rings. The number of H-pyrrole nitrogens is 1. The van der Waals surface area contributed by atoms with Crippen molar-refractivity contribution < 1.29 is 23.8 Å². The van der Waals surface area contributed by atoms with Crippen LogP contribution in [0.1, 0.15) is 37.9 Å². The summed E-state index contributed by atoms with van der Waals surface area (Å²) in [7, 11) is 0. The summed E-state index contributed by atoms with van der Waals surface area (Å²) in [5.41, 5.74) is 6.53. The Morgan fingerprint density at radius 1 is 1.21 bits per heavy atom. The van der Waals surface area contributed by atoms with Crippen LogP contribution in [0, 0.1) is 0 Å². The van der Waals surface area contributed by atoms with Gasteiger partial charge in [0, 0.05) is 20.3 Å². The number of carbonyl (C=O) groups excluding carboxylic acids is 2. The zero-order valence-corrected chi connectivity index (χ0v) is 18.1. The van der Waals surface area contributed by atoms with E-state index in [4.69, 9.17) is 19.9 Å². The van der Waals surface area contributed by atoms with E-state index < -0.39 is 35.9 Å². The van der Waals surface area contributed by atoms with Gasteiger partial charge in [-0.1, -0.05) is 36.4 Å². The number of aromatic nitrogens is 4. The van der Waals surface area contributed by atoms with Gasteiger partial charge in [0.2, 0.25) is 5.95 Å². The van der Waals surface area contributed by atoms with Crippen LogP contribution < -0.4 is 11.3 Å². The number of nitrogens with one attached hydrogen (secondary N) is 1. The highest BCUT2D eigenvalue weighted by molar-refractivity contribution is 5.77. The molecule has 0 aliphatic carbocycles. The van der Waals surface area contributed by atoms with Crippen LogP contribution in [-0.2, 0) is 23.8 Å². The molecule has 0 spiro atoms. The van der Waals surface area contributed by atoms with E-state index in [1.54, 1.807) is 10.6 Å². The van der Waals surface area contributed by atoms with E-state index in [1.807, 2.05) is 36.4 Å². The normalized spacial score (nSPS) is 20.4. The van der Waals surface area contributed by atoms with Crippen molar-refractivity contribution in [3.63, 3.8) is 0 Å². The van der Waals surface area contributed by atoms with E-state index in [0.29, 0.717) is 5.82 Å².